The number of aromatic nitrogens is 3. The maximum Gasteiger partial charge on any atom is 0.192 e. The Morgan fingerprint density at radius 1 is 1.19 bits per heavy atom. The van der Waals surface area contributed by atoms with Gasteiger partial charge in [-0.25, -0.2) is 9.97 Å². The van der Waals surface area contributed by atoms with E-state index in [0.29, 0.717) is 10.8 Å². The SMILES string of the molecule is Cc1cnc(Sc2c(N)cncc2Br)nc1. The monoisotopic (exact) mass is 296 g/mol. The second-order valence-corrected chi connectivity index (χ2v) is 5.02. The van der Waals surface area contributed by atoms with E-state index in [-0.39, 0.29) is 0 Å². The number of hydrogen-bond donors (Lipinski definition) is 1. The van der Waals surface area contributed by atoms with Crippen molar-refractivity contribution in [1.82, 2.24) is 15.0 Å². The van der Waals surface area contributed by atoms with Crippen molar-refractivity contribution in [2.45, 2.75) is 17.0 Å². The number of rotatable bonds is 2. The summed E-state index contributed by atoms with van der Waals surface area (Å²) in [5.74, 6) is 0. The summed E-state index contributed by atoms with van der Waals surface area (Å²) in [6.07, 6.45) is 6.87. The molecule has 6 heteroatoms. The minimum absolute atomic E-state index is 0.614. The van der Waals surface area contributed by atoms with Crippen molar-refractivity contribution in [2.24, 2.45) is 0 Å². The van der Waals surface area contributed by atoms with Crippen molar-refractivity contribution in [1.29, 1.82) is 0 Å². The van der Waals surface area contributed by atoms with E-state index in [0.717, 1.165) is 14.9 Å². The minimum atomic E-state index is 0.614. The number of nitrogen functional groups attached to an aromatic ring is 1. The Labute approximate surface area is 106 Å². The first-order chi connectivity index (χ1) is 7.66. The summed E-state index contributed by atoms with van der Waals surface area (Å²) in [4.78, 5) is 13.3. The van der Waals surface area contributed by atoms with Crippen LogP contribution < -0.4 is 5.73 Å². The summed E-state index contributed by atoms with van der Waals surface area (Å²) in [5, 5.41) is 0.671. The average Bonchev–Trinajstić information content (AvgIpc) is 2.26. The largest absolute Gasteiger partial charge is 0.397 e. The highest BCUT2D eigenvalue weighted by atomic mass is 79.9. The van der Waals surface area contributed by atoms with Crippen molar-refractivity contribution in [3.05, 3.63) is 34.8 Å². The number of nitrogens with zero attached hydrogens (tertiary/aromatic N) is 3. The average molecular weight is 297 g/mol. The third kappa shape index (κ3) is 2.51. The number of hydrogen-bond acceptors (Lipinski definition) is 5. The summed E-state index contributed by atoms with van der Waals surface area (Å²) in [6.45, 7) is 1.95. The van der Waals surface area contributed by atoms with E-state index in [4.69, 9.17) is 5.73 Å². The van der Waals surface area contributed by atoms with Crippen LogP contribution >= 0.6 is 27.7 Å². The molecule has 2 rings (SSSR count). The van der Waals surface area contributed by atoms with Gasteiger partial charge in [-0.15, -0.1) is 0 Å². The predicted molar refractivity (Wildman–Crippen MR) is 67.2 cm³/mol. The van der Waals surface area contributed by atoms with Crippen LogP contribution in [0.2, 0.25) is 0 Å². The maximum atomic E-state index is 5.83. The lowest BCUT2D eigenvalue weighted by molar-refractivity contribution is 0.949. The van der Waals surface area contributed by atoms with Crippen LogP contribution in [0.15, 0.2) is 39.3 Å². The molecule has 0 saturated carbocycles. The van der Waals surface area contributed by atoms with Crippen molar-refractivity contribution < 1.29 is 0 Å². The molecule has 0 aliphatic heterocycles. The molecule has 0 unspecified atom stereocenters. The van der Waals surface area contributed by atoms with E-state index >= 15 is 0 Å². The Hall–Kier alpha value is -1.14. The third-order valence-corrected chi connectivity index (χ3v) is 3.75. The first-order valence-corrected chi connectivity index (χ1v) is 6.13. The van der Waals surface area contributed by atoms with Gasteiger partial charge in [0, 0.05) is 18.6 Å². The van der Waals surface area contributed by atoms with Crippen molar-refractivity contribution in [2.75, 3.05) is 5.73 Å². The highest BCUT2D eigenvalue weighted by molar-refractivity contribution is 9.10. The number of aryl methyl sites for hydroxylation is 1. The quantitative estimate of drug-likeness (QED) is 0.863. The van der Waals surface area contributed by atoms with Crippen LogP contribution in [0.5, 0.6) is 0 Å². The molecule has 0 aliphatic rings. The van der Waals surface area contributed by atoms with E-state index in [9.17, 15) is 0 Å². The van der Waals surface area contributed by atoms with Crippen LogP contribution in [0.3, 0.4) is 0 Å². The summed E-state index contributed by atoms with van der Waals surface area (Å²) in [7, 11) is 0. The molecule has 2 aromatic rings. The zero-order chi connectivity index (χ0) is 11.5. The van der Waals surface area contributed by atoms with Crippen LogP contribution in [0.1, 0.15) is 5.56 Å². The Bertz CT molecular complexity index is 480. The van der Waals surface area contributed by atoms with Crippen molar-refractivity contribution >= 4 is 33.4 Å². The standard InChI is InChI=1S/C10H9BrN4S/c1-6-2-14-10(15-3-6)16-9-7(11)4-13-5-8(9)12/h2-5H,12H2,1H3. The van der Waals surface area contributed by atoms with Crippen molar-refractivity contribution in [3.8, 4) is 0 Å². The minimum Gasteiger partial charge on any atom is -0.397 e. The van der Waals surface area contributed by atoms with Gasteiger partial charge in [0.25, 0.3) is 0 Å². The van der Waals surface area contributed by atoms with Gasteiger partial charge in [0.05, 0.1) is 21.3 Å². The number of pyridine rings is 1. The van der Waals surface area contributed by atoms with Gasteiger partial charge in [0.1, 0.15) is 0 Å². The fourth-order valence-electron chi connectivity index (χ4n) is 1.07. The topological polar surface area (TPSA) is 64.7 Å². The molecule has 0 aromatic carbocycles. The third-order valence-electron chi connectivity index (χ3n) is 1.83. The maximum absolute atomic E-state index is 5.83. The molecule has 82 valence electrons. The lowest BCUT2D eigenvalue weighted by Gasteiger charge is -2.05. The lowest BCUT2D eigenvalue weighted by atomic mass is 10.4. The molecule has 0 aliphatic carbocycles. The van der Waals surface area contributed by atoms with Gasteiger partial charge in [-0.05, 0) is 40.2 Å². The second-order valence-electron chi connectivity index (χ2n) is 3.18. The molecule has 2 aromatic heterocycles. The van der Waals surface area contributed by atoms with Crippen LogP contribution in [0.4, 0.5) is 5.69 Å². The molecule has 2 N–H and O–H groups in total. The number of halogens is 1. The summed E-state index contributed by atoms with van der Waals surface area (Å²) < 4.78 is 0.849. The fourth-order valence-corrected chi connectivity index (χ4v) is 2.37. The highest BCUT2D eigenvalue weighted by Crippen LogP contribution is 2.34. The molecular weight excluding hydrogens is 288 g/mol. The first kappa shape index (κ1) is 11.3. The molecule has 0 atom stereocenters. The zero-order valence-corrected chi connectivity index (χ0v) is 10.9. The molecule has 0 radical (unpaired) electrons. The van der Waals surface area contributed by atoms with Gasteiger partial charge in [0.15, 0.2) is 5.16 Å². The van der Waals surface area contributed by atoms with Gasteiger partial charge in [-0.3, -0.25) is 4.98 Å². The fraction of sp³-hybridized carbons (Fsp3) is 0.100. The van der Waals surface area contributed by atoms with Crippen molar-refractivity contribution in [3.63, 3.8) is 0 Å². The highest BCUT2D eigenvalue weighted by Gasteiger charge is 2.08. The Balaban J connectivity index is 2.30. The van der Waals surface area contributed by atoms with Crippen LogP contribution in [0.25, 0.3) is 0 Å². The molecule has 4 nitrogen and oxygen atoms in total. The Kier molecular flexibility index (Phi) is 3.40. The second kappa shape index (κ2) is 4.80. The normalized spacial score (nSPS) is 10.4. The Morgan fingerprint density at radius 2 is 1.88 bits per heavy atom. The first-order valence-electron chi connectivity index (χ1n) is 4.52. The molecule has 0 spiro atoms. The van der Waals surface area contributed by atoms with Crippen LogP contribution in [0, 0.1) is 6.92 Å². The molecule has 0 bridgehead atoms. The summed E-state index contributed by atoms with van der Waals surface area (Å²) >= 11 is 4.82. The molecular formula is C10H9BrN4S. The van der Waals surface area contributed by atoms with E-state index in [1.807, 2.05) is 6.92 Å². The van der Waals surface area contributed by atoms with Gasteiger partial charge < -0.3 is 5.73 Å². The van der Waals surface area contributed by atoms with Gasteiger partial charge >= 0.3 is 0 Å². The van der Waals surface area contributed by atoms with E-state index < -0.39 is 0 Å². The summed E-state index contributed by atoms with van der Waals surface area (Å²) in [5.41, 5.74) is 7.48. The molecule has 2 heterocycles. The number of nitrogens with two attached hydrogens (primary N) is 1. The van der Waals surface area contributed by atoms with Gasteiger partial charge in [-0.1, -0.05) is 0 Å². The van der Waals surface area contributed by atoms with Crippen LogP contribution in [-0.2, 0) is 0 Å². The van der Waals surface area contributed by atoms with Gasteiger partial charge in [-0.2, -0.15) is 0 Å². The zero-order valence-electron chi connectivity index (χ0n) is 8.51. The number of anilines is 1. The van der Waals surface area contributed by atoms with Crippen LogP contribution in [-0.4, -0.2) is 15.0 Å². The predicted octanol–water partition coefficient (Wildman–Crippen LogP) is 2.68. The van der Waals surface area contributed by atoms with E-state index in [1.54, 1.807) is 24.8 Å². The van der Waals surface area contributed by atoms with E-state index in [1.165, 1.54) is 11.8 Å². The molecule has 0 amide bonds. The summed E-state index contributed by atoms with van der Waals surface area (Å²) in [6, 6.07) is 0. The molecule has 0 saturated heterocycles. The molecule has 0 fully saturated rings. The van der Waals surface area contributed by atoms with E-state index in [2.05, 4.69) is 30.9 Å². The smallest absolute Gasteiger partial charge is 0.192 e. The Morgan fingerprint density at radius 3 is 2.50 bits per heavy atom. The lowest BCUT2D eigenvalue weighted by Crippen LogP contribution is -1.93. The molecule has 16 heavy (non-hydrogen) atoms. The van der Waals surface area contributed by atoms with Gasteiger partial charge in [0.2, 0.25) is 0 Å².